The van der Waals surface area contributed by atoms with E-state index in [1.807, 2.05) is 30.3 Å². The molecular weight excluding hydrogens is 220 g/mol. The number of nitrogens with zero attached hydrogens (tertiary/aromatic N) is 2. The summed E-state index contributed by atoms with van der Waals surface area (Å²) in [6.45, 7) is 0.310. The van der Waals surface area contributed by atoms with Gasteiger partial charge in [-0.15, -0.1) is 0 Å². The molecule has 1 atom stereocenters. The van der Waals surface area contributed by atoms with Gasteiger partial charge in [-0.05, 0) is 5.56 Å². The third-order valence-corrected chi connectivity index (χ3v) is 2.34. The number of hydrogen-bond acceptors (Lipinski definition) is 5. The van der Waals surface area contributed by atoms with Crippen LogP contribution in [0, 0.1) is 0 Å². The largest absolute Gasteiger partial charge is 0.388 e. The van der Waals surface area contributed by atoms with Crippen LogP contribution in [-0.2, 0) is 17.8 Å². The van der Waals surface area contributed by atoms with Crippen molar-refractivity contribution in [2.24, 2.45) is 0 Å². The predicted octanol–water partition coefficient (Wildman–Crippen LogP) is 1.49. The van der Waals surface area contributed by atoms with E-state index in [-0.39, 0.29) is 0 Å². The molecule has 0 saturated carbocycles. The van der Waals surface area contributed by atoms with E-state index in [4.69, 9.17) is 9.26 Å². The zero-order valence-electron chi connectivity index (χ0n) is 9.54. The van der Waals surface area contributed by atoms with Crippen molar-refractivity contribution in [3.8, 4) is 0 Å². The van der Waals surface area contributed by atoms with Crippen LogP contribution in [-0.4, -0.2) is 22.4 Å². The van der Waals surface area contributed by atoms with Crippen LogP contribution >= 0.6 is 0 Å². The second-order valence-corrected chi connectivity index (χ2v) is 3.67. The average molecular weight is 234 g/mol. The van der Waals surface area contributed by atoms with Crippen molar-refractivity contribution in [2.75, 3.05) is 7.11 Å². The maximum absolute atomic E-state index is 9.95. The molecular formula is C12H14N2O3. The molecule has 0 amide bonds. The molecule has 5 heteroatoms. The zero-order chi connectivity index (χ0) is 12.1. The van der Waals surface area contributed by atoms with E-state index >= 15 is 0 Å². The van der Waals surface area contributed by atoms with E-state index in [0.29, 0.717) is 24.7 Å². The zero-order valence-corrected chi connectivity index (χ0v) is 9.54. The van der Waals surface area contributed by atoms with Gasteiger partial charge in [0.25, 0.3) is 0 Å². The SMILES string of the molecule is COCc1noc(CC(O)c2ccccc2)n1. The molecule has 1 aromatic carbocycles. The average Bonchev–Trinajstić information content (AvgIpc) is 2.78. The Bertz CT molecular complexity index is 456. The molecule has 17 heavy (non-hydrogen) atoms. The molecule has 0 radical (unpaired) electrons. The maximum Gasteiger partial charge on any atom is 0.229 e. The number of aromatic nitrogens is 2. The molecule has 2 aromatic rings. The van der Waals surface area contributed by atoms with E-state index in [1.54, 1.807) is 7.11 Å². The van der Waals surface area contributed by atoms with Gasteiger partial charge in [0, 0.05) is 7.11 Å². The van der Waals surface area contributed by atoms with Crippen LogP contribution in [0.2, 0.25) is 0 Å². The molecule has 0 saturated heterocycles. The number of aliphatic hydroxyl groups excluding tert-OH is 1. The Morgan fingerprint density at radius 2 is 2.12 bits per heavy atom. The highest BCUT2D eigenvalue weighted by molar-refractivity contribution is 5.17. The van der Waals surface area contributed by atoms with Gasteiger partial charge in [0.1, 0.15) is 6.61 Å². The highest BCUT2D eigenvalue weighted by Gasteiger charge is 2.13. The minimum absolute atomic E-state index is 0.306. The molecule has 90 valence electrons. The van der Waals surface area contributed by atoms with Crippen LogP contribution in [0.3, 0.4) is 0 Å². The standard InChI is InChI=1S/C12H14N2O3/c1-16-8-11-13-12(17-14-11)7-10(15)9-5-3-2-4-6-9/h2-6,10,15H,7-8H2,1H3. The summed E-state index contributed by atoms with van der Waals surface area (Å²) in [7, 11) is 1.56. The molecule has 0 aliphatic carbocycles. The monoisotopic (exact) mass is 234 g/mol. The van der Waals surface area contributed by atoms with E-state index < -0.39 is 6.10 Å². The number of methoxy groups -OCH3 is 1. The third-order valence-electron chi connectivity index (χ3n) is 2.34. The van der Waals surface area contributed by atoms with Crippen LogP contribution < -0.4 is 0 Å². The summed E-state index contributed by atoms with van der Waals surface area (Å²) >= 11 is 0. The van der Waals surface area contributed by atoms with Gasteiger partial charge in [0.2, 0.25) is 5.89 Å². The first kappa shape index (κ1) is 11.8. The molecule has 0 fully saturated rings. The normalized spacial score (nSPS) is 12.6. The number of rotatable bonds is 5. The van der Waals surface area contributed by atoms with Crippen LogP contribution in [0.1, 0.15) is 23.4 Å². The van der Waals surface area contributed by atoms with Gasteiger partial charge in [-0.25, -0.2) is 0 Å². The Kier molecular flexibility index (Phi) is 3.85. The number of aliphatic hydroxyl groups is 1. The van der Waals surface area contributed by atoms with Gasteiger partial charge >= 0.3 is 0 Å². The van der Waals surface area contributed by atoms with Crippen molar-refractivity contribution in [3.05, 3.63) is 47.6 Å². The minimum Gasteiger partial charge on any atom is -0.388 e. The maximum atomic E-state index is 9.95. The summed E-state index contributed by atoms with van der Waals surface area (Å²) in [6, 6.07) is 9.37. The van der Waals surface area contributed by atoms with Crippen molar-refractivity contribution >= 4 is 0 Å². The fourth-order valence-electron chi connectivity index (χ4n) is 1.52. The summed E-state index contributed by atoms with van der Waals surface area (Å²) in [6.07, 6.45) is -0.326. The summed E-state index contributed by atoms with van der Waals surface area (Å²) in [5, 5.41) is 13.7. The van der Waals surface area contributed by atoms with Crippen molar-refractivity contribution in [1.29, 1.82) is 0 Å². The Balaban J connectivity index is 2.00. The van der Waals surface area contributed by atoms with Gasteiger partial charge in [-0.1, -0.05) is 35.5 Å². The lowest BCUT2D eigenvalue weighted by molar-refractivity contribution is 0.164. The molecule has 0 aliphatic heterocycles. The number of ether oxygens (including phenoxy) is 1. The Labute approximate surface area is 99.0 Å². The van der Waals surface area contributed by atoms with Crippen LogP contribution in [0.15, 0.2) is 34.9 Å². The van der Waals surface area contributed by atoms with Crippen molar-refractivity contribution in [2.45, 2.75) is 19.1 Å². The van der Waals surface area contributed by atoms with Gasteiger partial charge in [-0.2, -0.15) is 4.98 Å². The molecule has 2 rings (SSSR count). The van der Waals surface area contributed by atoms with Gasteiger partial charge in [0.05, 0.1) is 12.5 Å². The van der Waals surface area contributed by atoms with Gasteiger partial charge < -0.3 is 14.4 Å². The molecule has 1 N–H and O–H groups in total. The summed E-state index contributed by atoms with van der Waals surface area (Å²) in [4.78, 5) is 4.10. The molecule has 0 aliphatic rings. The van der Waals surface area contributed by atoms with Crippen LogP contribution in [0.25, 0.3) is 0 Å². The molecule has 1 heterocycles. The highest BCUT2D eigenvalue weighted by Crippen LogP contribution is 2.16. The lowest BCUT2D eigenvalue weighted by Gasteiger charge is -2.07. The quantitative estimate of drug-likeness (QED) is 0.848. The van der Waals surface area contributed by atoms with Gasteiger partial charge in [-0.3, -0.25) is 0 Å². The van der Waals surface area contributed by atoms with E-state index in [2.05, 4.69) is 10.1 Å². The van der Waals surface area contributed by atoms with Crippen LogP contribution in [0.5, 0.6) is 0 Å². The molecule has 1 unspecified atom stereocenters. The number of hydrogen-bond donors (Lipinski definition) is 1. The van der Waals surface area contributed by atoms with Gasteiger partial charge in [0.15, 0.2) is 5.82 Å². The first-order chi connectivity index (χ1) is 8.29. The first-order valence-corrected chi connectivity index (χ1v) is 5.33. The molecule has 0 spiro atoms. The fourth-order valence-corrected chi connectivity index (χ4v) is 1.52. The summed E-state index contributed by atoms with van der Waals surface area (Å²) < 4.78 is 9.89. The second-order valence-electron chi connectivity index (χ2n) is 3.67. The Hall–Kier alpha value is -1.72. The third kappa shape index (κ3) is 3.12. The predicted molar refractivity (Wildman–Crippen MR) is 60.1 cm³/mol. The van der Waals surface area contributed by atoms with Crippen molar-refractivity contribution < 1.29 is 14.4 Å². The van der Waals surface area contributed by atoms with Crippen LogP contribution in [0.4, 0.5) is 0 Å². The smallest absolute Gasteiger partial charge is 0.229 e. The minimum atomic E-state index is -0.632. The Morgan fingerprint density at radius 1 is 1.35 bits per heavy atom. The number of benzene rings is 1. The van der Waals surface area contributed by atoms with Crippen molar-refractivity contribution in [3.63, 3.8) is 0 Å². The summed E-state index contributed by atoms with van der Waals surface area (Å²) in [5.41, 5.74) is 0.832. The lowest BCUT2D eigenvalue weighted by atomic mass is 10.1. The lowest BCUT2D eigenvalue weighted by Crippen LogP contribution is -2.02. The first-order valence-electron chi connectivity index (χ1n) is 5.33. The summed E-state index contributed by atoms with van der Waals surface area (Å²) in [5.74, 6) is 0.899. The highest BCUT2D eigenvalue weighted by atomic mass is 16.5. The van der Waals surface area contributed by atoms with E-state index in [1.165, 1.54) is 0 Å². The topological polar surface area (TPSA) is 68.4 Å². The molecule has 1 aromatic heterocycles. The van der Waals surface area contributed by atoms with E-state index in [9.17, 15) is 5.11 Å². The van der Waals surface area contributed by atoms with Crippen molar-refractivity contribution in [1.82, 2.24) is 10.1 Å². The Morgan fingerprint density at radius 3 is 2.82 bits per heavy atom. The fraction of sp³-hybridized carbons (Fsp3) is 0.333. The molecule has 0 bridgehead atoms. The van der Waals surface area contributed by atoms with E-state index in [0.717, 1.165) is 5.56 Å². The second kappa shape index (κ2) is 5.56. The molecule has 5 nitrogen and oxygen atoms in total.